The molecule has 4 aromatic rings. The van der Waals surface area contributed by atoms with E-state index in [1.165, 1.54) is 38.6 Å². The third kappa shape index (κ3) is 2.11. The van der Waals surface area contributed by atoms with Crippen molar-refractivity contribution in [3.8, 4) is 11.1 Å². The van der Waals surface area contributed by atoms with E-state index in [1.54, 1.807) is 0 Å². The molecule has 0 bridgehead atoms. The molecule has 0 aromatic heterocycles. The standard InChI is InChI=1S/C23H18N2/c24-17-7-9-19-20-10-8-18(25)13-22(20)23(21(19)12-17)16-6-5-14-3-1-2-4-15(14)11-16/h1-13,23H,24-25H2. The van der Waals surface area contributed by atoms with Crippen LogP contribution in [0.1, 0.15) is 22.6 Å². The molecule has 4 N–H and O–H groups in total. The molecule has 4 aromatic carbocycles. The van der Waals surface area contributed by atoms with Crippen LogP contribution in [0.25, 0.3) is 21.9 Å². The summed E-state index contributed by atoms with van der Waals surface area (Å²) in [5, 5.41) is 2.51. The second kappa shape index (κ2) is 5.12. The fraction of sp³-hybridized carbons (Fsp3) is 0.0435. The van der Waals surface area contributed by atoms with Crippen LogP contribution in [-0.2, 0) is 0 Å². The van der Waals surface area contributed by atoms with Gasteiger partial charge in [0.15, 0.2) is 0 Å². The Morgan fingerprint density at radius 3 is 1.80 bits per heavy atom. The van der Waals surface area contributed by atoms with Gasteiger partial charge in [-0.05, 0) is 62.9 Å². The van der Waals surface area contributed by atoms with Crippen molar-refractivity contribution in [1.82, 2.24) is 0 Å². The molecule has 2 nitrogen and oxygen atoms in total. The first-order valence-corrected chi connectivity index (χ1v) is 8.48. The van der Waals surface area contributed by atoms with Crippen LogP contribution < -0.4 is 11.5 Å². The molecule has 120 valence electrons. The van der Waals surface area contributed by atoms with Crippen LogP contribution >= 0.6 is 0 Å². The summed E-state index contributed by atoms with van der Waals surface area (Å²) in [6.07, 6.45) is 0. The summed E-state index contributed by atoms with van der Waals surface area (Å²) in [5.41, 5.74) is 20.1. The molecular formula is C23H18N2. The Morgan fingerprint density at radius 2 is 1.16 bits per heavy atom. The average molecular weight is 322 g/mol. The molecule has 5 rings (SSSR count). The van der Waals surface area contributed by atoms with Crippen molar-refractivity contribution in [1.29, 1.82) is 0 Å². The number of rotatable bonds is 1. The van der Waals surface area contributed by atoms with Crippen molar-refractivity contribution < 1.29 is 0 Å². The summed E-state index contributed by atoms with van der Waals surface area (Å²) in [6.45, 7) is 0. The molecule has 0 saturated heterocycles. The Balaban J connectivity index is 1.79. The van der Waals surface area contributed by atoms with Gasteiger partial charge in [-0.15, -0.1) is 0 Å². The van der Waals surface area contributed by atoms with E-state index in [4.69, 9.17) is 11.5 Å². The number of nitrogens with two attached hydrogens (primary N) is 2. The Bertz CT molecular complexity index is 1080. The lowest BCUT2D eigenvalue weighted by molar-refractivity contribution is 1.02. The van der Waals surface area contributed by atoms with E-state index in [1.807, 2.05) is 12.1 Å². The van der Waals surface area contributed by atoms with E-state index in [0.29, 0.717) is 0 Å². The Morgan fingerprint density at radius 1 is 0.560 bits per heavy atom. The van der Waals surface area contributed by atoms with E-state index in [2.05, 4.69) is 66.7 Å². The molecule has 1 aliphatic carbocycles. The van der Waals surface area contributed by atoms with Gasteiger partial charge >= 0.3 is 0 Å². The second-order valence-electron chi connectivity index (χ2n) is 6.73. The third-order valence-electron chi connectivity index (χ3n) is 5.17. The summed E-state index contributed by atoms with van der Waals surface area (Å²) in [7, 11) is 0. The molecule has 0 fully saturated rings. The second-order valence-corrected chi connectivity index (χ2v) is 6.73. The molecule has 25 heavy (non-hydrogen) atoms. The van der Waals surface area contributed by atoms with E-state index in [9.17, 15) is 0 Å². The fourth-order valence-corrected chi connectivity index (χ4v) is 4.04. The zero-order valence-corrected chi connectivity index (χ0v) is 13.7. The normalized spacial score (nSPS) is 13.0. The number of fused-ring (bicyclic) bond motifs is 4. The molecular weight excluding hydrogens is 304 g/mol. The van der Waals surface area contributed by atoms with Gasteiger partial charge in [-0.3, -0.25) is 0 Å². The maximum atomic E-state index is 6.10. The van der Waals surface area contributed by atoms with Gasteiger partial charge in [0.25, 0.3) is 0 Å². The molecule has 0 unspecified atom stereocenters. The summed E-state index contributed by atoms with van der Waals surface area (Å²) < 4.78 is 0. The minimum atomic E-state index is 0.168. The van der Waals surface area contributed by atoms with Crippen molar-refractivity contribution in [3.05, 3.63) is 95.6 Å². The highest BCUT2D eigenvalue weighted by molar-refractivity contribution is 5.87. The van der Waals surface area contributed by atoms with Gasteiger partial charge in [-0.1, -0.05) is 54.6 Å². The highest BCUT2D eigenvalue weighted by atomic mass is 14.6. The van der Waals surface area contributed by atoms with Crippen LogP contribution in [0.2, 0.25) is 0 Å². The lowest BCUT2D eigenvalue weighted by Crippen LogP contribution is -2.00. The maximum Gasteiger partial charge on any atom is 0.0354 e. The highest BCUT2D eigenvalue weighted by Gasteiger charge is 2.30. The first-order valence-electron chi connectivity index (χ1n) is 8.48. The topological polar surface area (TPSA) is 52.0 Å². The Kier molecular flexibility index (Phi) is 2.89. The van der Waals surface area contributed by atoms with Crippen molar-refractivity contribution in [2.45, 2.75) is 5.92 Å². The van der Waals surface area contributed by atoms with Gasteiger partial charge in [0.1, 0.15) is 0 Å². The smallest absolute Gasteiger partial charge is 0.0354 e. The molecule has 0 heterocycles. The molecule has 2 heteroatoms. The van der Waals surface area contributed by atoms with Crippen LogP contribution in [0.15, 0.2) is 78.9 Å². The number of anilines is 2. The maximum absolute atomic E-state index is 6.10. The predicted molar refractivity (Wildman–Crippen MR) is 106 cm³/mol. The molecule has 0 spiro atoms. The van der Waals surface area contributed by atoms with Gasteiger partial charge < -0.3 is 11.5 Å². The van der Waals surface area contributed by atoms with Crippen molar-refractivity contribution in [2.24, 2.45) is 0 Å². The number of hydrogen-bond donors (Lipinski definition) is 2. The van der Waals surface area contributed by atoms with E-state index in [-0.39, 0.29) is 5.92 Å². The fourth-order valence-electron chi connectivity index (χ4n) is 4.04. The number of nitrogen functional groups attached to an aromatic ring is 2. The predicted octanol–water partition coefficient (Wildman–Crippen LogP) is 5.16. The highest BCUT2D eigenvalue weighted by Crippen LogP contribution is 2.49. The summed E-state index contributed by atoms with van der Waals surface area (Å²) in [4.78, 5) is 0. The molecule has 0 aliphatic heterocycles. The first-order chi connectivity index (χ1) is 12.2. The van der Waals surface area contributed by atoms with Gasteiger partial charge in [-0.2, -0.15) is 0 Å². The quantitative estimate of drug-likeness (QED) is 0.419. The largest absolute Gasteiger partial charge is 0.399 e. The minimum Gasteiger partial charge on any atom is -0.399 e. The zero-order chi connectivity index (χ0) is 17.0. The lowest BCUT2D eigenvalue weighted by Gasteiger charge is -2.16. The summed E-state index contributed by atoms with van der Waals surface area (Å²) >= 11 is 0. The lowest BCUT2D eigenvalue weighted by atomic mass is 9.88. The van der Waals surface area contributed by atoms with Crippen molar-refractivity contribution >= 4 is 22.1 Å². The van der Waals surface area contributed by atoms with Crippen molar-refractivity contribution in [2.75, 3.05) is 11.5 Å². The van der Waals surface area contributed by atoms with E-state index < -0.39 is 0 Å². The average Bonchev–Trinajstić information content (AvgIpc) is 2.93. The SMILES string of the molecule is Nc1ccc2c(c1)C(c1ccc3ccccc3c1)c1cc(N)ccc1-2. The van der Waals surface area contributed by atoms with E-state index >= 15 is 0 Å². The van der Waals surface area contributed by atoms with Crippen LogP contribution in [0.3, 0.4) is 0 Å². The van der Waals surface area contributed by atoms with Crippen LogP contribution in [0, 0.1) is 0 Å². The number of hydrogen-bond acceptors (Lipinski definition) is 2. The van der Waals surface area contributed by atoms with Gasteiger partial charge in [0, 0.05) is 17.3 Å². The number of benzene rings is 4. The third-order valence-corrected chi connectivity index (χ3v) is 5.17. The van der Waals surface area contributed by atoms with Gasteiger partial charge in [0.05, 0.1) is 0 Å². The van der Waals surface area contributed by atoms with E-state index in [0.717, 1.165) is 11.4 Å². The monoisotopic (exact) mass is 322 g/mol. The van der Waals surface area contributed by atoms with Gasteiger partial charge in [0.2, 0.25) is 0 Å². The van der Waals surface area contributed by atoms with Crippen molar-refractivity contribution in [3.63, 3.8) is 0 Å². The molecule has 0 radical (unpaired) electrons. The minimum absolute atomic E-state index is 0.168. The molecule has 0 amide bonds. The van der Waals surface area contributed by atoms with Crippen LogP contribution in [-0.4, -0.2) is 0 Å². The Hall–Kier alpha value is -3.26. The summed E-state index contributed by atoms with van der Waals surface area (Å²) in [5.74, 6) is 0.168. The first kappa shape index (κ1) is 14.1. The van der Waals surface area contributed by atoms with Crippen LogP contribution in [0.4, 0.5) is 11.4 Å². The zero-order valence-electron chi connectivity index (χ0n) is 13.7. The Labute approximate surface area is 146 Å². The summed E-state index contributed by atoms with van der Waals surface area (Å²) in [6, 6.07) is 27.6. The molecule has 0 saturated carbocycles. The molecule has 0 atom stereocenters. The van der Waals surface area contributed by atoms with Gasteiger partial charge in [-0.25, -0.2) is 0 Å². The van der Waals surface area contributed by atoms with Crippen LogP contribution in [0.5, 0.6) is 0 Å². The molecule has 1 aliphatic rings.